The lowest BCUT2D eigenvalue weighted by atomic mass is 9.88. The maximum Gasteiger partial charge on any atom is 0.0270 e. The zero-order valence-electron chi connectivity index (χ0n) is 6.46. The Hall–Kier alpha value is -0.850. The lowest BCUT2D eigenvalue weighted by Gasteiger charge is -2.17. The van der Waals surface area contributed by atoms with Gasteiger partial charge in [0.1, 0.15) is 0 Å². The van der Waals surface area contributed by atoms with Crippen LogP contribution in [-0.4, -0.2) is 4.98 Å². The highest BCUT2D eigenvalue weighted by atomic mass is 14.6. The molecule has 0 aromatic carbocycles. The summed E-state index contributed by atoms with van der Waals surface area (Å²) in [5.74, 6) is 0. The molecule has 0 unspecified atom stereocenters. The Labute approximate surface area is 62.1 Å². The number of nitrogens with zero attached hydrogens (tertiary/aromatic N) is 1. The molecule has 1 heteroatoms. The molecule has 10 heavy (non-hydrogen) atoms. The summed E-state index contributed by atoms with van der Waals surface area (Å²) < 4.78 is 0. The zero-order chi connectivity index (χ0) is 7.61. The van der Waals surface area contributed by atoms with Gasteiger partial charge in [0.15, 0.2) is 0 Å². The van der Waals surface area contributed by atoms with Crippen molar-refractivity contribution in [2.75, 3.05) is 0 Å². The summed E-state index contributed by atoms with van der Waals surface area (Å²) in [6.45, 7) is 8.18. The van der Waals surface area contributed by atoms with Gasteiger partial charge in [0.2, 0.25) is 0 Å². The van der Waals surface area contributed by atoms with E-state index in [2.05, 4.69) is 25.8 Å². The molecule has 0 aliphatic carbocycles. The Morgan fingerprint density at radius 1 is 1.30 bits per heavy atom. The van der Waals surface area contributed by atoms with Gasteiger partial charge in [-0.2, -0.15) is 0 Å². The Morgan fingerprint density at radius 3 is 2.10 bits per heavy atom. The van der Waals surface area contributed by atoms with E-state index in [1.807, 2.05) is 12.1 Å². The molecule has 0 amide bonds. The number of hydrogen-bond donors (Lipinski definition) is 0. The first-order chi connectivity index (χ1) is 4.61. The molecule has 1 radical (unpaired) electrons. The maximum absolute atomic E-state index is 4.01. The Morgan fingerprint density at radius 2 is 1.80 bits per heavy atom. The zero-order valence-corrected chi connectivity index (χ0v) is 6.46. The minimum atomic E-state index is 0.00292. The van der Waals surface area contributed by atoms with Crippen LogP contribution in [-0.2, 0) is 5.41 Å². The van der Waals surface area contributed by atoms with Crippen LogP contribution in [0.1, 0.15) is 19.4 Å². The summed E-state index contributed by atoms with van der Waals surface area (Å²) in [5.41, 5.74) is 1.23. The number of aromatic nitrogens is 1. The van der Waals surface area contributed by atoms with Crippen LogP contribution >= 0.6 is 0 Å². The summed E-state index contributed by atoms with van der Waals surface area (Å²) in [5, 5.41) is 0. The molecule has 1 aromatic heterocycles. The van der Waals surface area contributed by atoms with Crippen LogP contribution in [0.2, 0.25) is 0 Å². The molecule has 0 saturated carbocycles. The molecule has 1 rings (SSSR count). The van der Waals surface area contributed by atoms with Gasteiger partial charge in [-0.25, -0.2) is 0 Å². The average Bonchev–Trinajstić information content (AvgIpc) is 1.88. The fourth-order valence-corrected chi connectivity index (χ4v) is 0.803. The van der Waals surface area contributed by atoms with Gasteiger partial charge in [-0.05, 0) is 30.0 Å². The Bertz CT molecular complexity index is 196. The van der Waals surface area contributed by atoms with E-state index >= 15 is 0 Å². The molecule has 1 heterocycles. The quantitative estimate of drug-likeness (QED) is 0.573. The van der Waals surface area contributed by atoms with Gasteiger partial charge in [-0.15, -0.1) is 0 Å². The molecule has 0 atom stereocenters. The summed E-state index contributed by atoms with van der Waals surface area (Å²) >= 11 is 0. The molecular weight excluding hydrogens is 122 g/mol. The van der Waals surface area contributed by atoms with Crippen molar-refractivity contribution >= 4 is 0 Å². The molecule has 0 N–H and O–H groups in total. The minimum absolute atomic E-state index is 0.00292. The highest BCUT2D eigenvalue weighted by molar-refractivity contribution is 5.21. The van der Waals surface area contributed by atoms with E-state index in [0.717, 1.165) is 0 Å². The predicted octanol–water partition coefficient (Wildman–Crippen LogP) is 2.19. The molecule has 0 aliphatic heterocycles. The summed E-state index contributed by atoms with van der Waals surface area (Å²) in [4.78, 5) is 3.93. The van der Waals surface area contributed by atoms with Crippen molar-refractivity contribution in [2.45, 2.75) is 19.3 Å². The molecule has 0 aliphatic rings. The standard InChI is InChI=1S/C9H12N/c1-9(2,3)8-4-6-10-7-5-8/h4-7H,1H2,2-3H3. The summed E-state index contributed by atoms with van der Waals surface area (Å²) in [6.07, 6.45) is 3.59. The molecule has 0 saturated heterocycles. The average molecular weight is 134 g/mol. The van der Waals surface area contributed by atoms with Crippen LogP contribution in [0.25, 0.3) is 0 Å². The van der Waals surface area contributed by atoms with Crippen LogP contribution in [0.15, 0.2) is 24.5 Å². The molecule has 1 aromatic rings. The molecule has 0 fully saturated rings. The first-order valence-corrected chi connectivity index (χ1v) is 3.36. The molecular formula is C9H12N. The third-order valence-corrected chi connectivity index (χ3v) is 1.46. The lowest BCUT2D eigenvalue weighted by molar-refractivity contribution is 0.663. The first-order valence-electron chi connectivity index (χ1n) is 3.36. The van der Waals surface area contributed by atoms with Crippen LogP contribution in [0.5, 0.6) is 0 Å². The molecule has 0 bridgehead atoms. The van der Waals surface area contributed by atoms with Crippen molar-refractivity contribution in [2.24, 2.45) is 0 Å². The highest BCUT2D eigenvalue weighted by Crippen LogP contribution is 2.19. The second-order valence-corrected chi connectivity index (χ2v) is 3.12. The maximum atomic E-state index is 4.01. The van der Waals surface area contributed by atoms with Gasteiger partial charge in [0, 0.05) is 12.4 Å². The van der Waals surface area contributed by atoms with E-state index in [9.17, 15) is 0 Å². The van der Waals surface area contributed by atoms with Crippen LogP contribution < -0.4 is 0 Å². The van der Waals surface area contributed by atoms with Crippen LogP contribution in [0.4, 0.5) is 0 Å². The fourth-order valence-electron chi connectivity index (χ4n) is 0.803. The Balaban J connectivity index is 2.97. The van der Waals surface area contributed by atoms with Crippen LogP contribution in [0, 0.1) is 6.92 Å². The highest BCUT2D eigenvalue weighted by Gasteiger charge is 2.11. The van der Waals surface area contributed by atoms with Crippen molar-refractivity contribution in [3.05, 3.63) is 37.0 Å². The van der Waals surface area contributed by atoms with Crippen molar-refractivity contribution in [1.29, 1.82) is 0 Å². The topological polar surface area (TPSA) is 12.9 Å². The van der Waals surface area contributed by atoms with E-state index in [1.165, 1.54) is 5.56 Å². The second-order valence-electron chi connectivity index (χ2n) is 3.12. The SMILES string of the molecule is [CH2]C(C)(C)c1ccncc1. The normalized spacial score (nSPS) is 11.5. The van der Waals surface area contributed by atoms with Gasteiger partial charge in [-0.3, -0.25) is 4.98 Å². The van der Waals surface area contributed by atoms with E-state index in [0.29, 0.717) is 0 Å². The van der Waals surface area contributed by atoms with Gasteiger partial charge >= 0.3 is 0 Å². The largest absolute Gasteiger partial charge is 0.265 e. The van der Waals surface area contributed by atoms with Crippen molar-refractivity contribution < 1.29 is 0 Å². The Kier molecular flexibility index (Phi) is 1.75. The molecule has 0 spiro atoms. The minimum Gasteiger partial charge on any atom is -0.265 e. The lowest BCUT2D eigenvalue weighted by Crippen LogP contribution is -2.10. The summed E-state index contributed by atoms with van der Waals surface area (Å²) in [6, 6.07) is 3.99. The first kappa shape index (κ1) is 7.26. The molecule has 53 valence electrons. The second kappa shape index (κ2) is 2.41. The van der Waals surface area contributed by atoms with E-state index in [-0.39, 0.29) is 5.41 Å². The van der Waals surface area contributed by atoms with Crippen molar-refractivity contribution in [3.8, 4) is 0 Å². The van der Waals surface area contributed by atoms with E-state index in [4.69, 9.17) is 0 Å². The van der Waals surface area contributed by atoms with Gasteiger partial charge in [0.25, 0.3) is 0 Å². The summed E-state index contributed by atoms with van der Waals surface area (Å²) in [7, 11) is 0. The number of hydrogen-bond acceptors (Lipinski definition) is 1. The predicted molar refractivity (Wildman–Crippen MR) is 42.6 cm³/mol. The van der Waals surface area contributed by atoms with E-state index < -0.39 is 0 Å². The number of rotatable bonds is 1. The van der Waals surface area contributed by atoms with E-state index in [1.54, 1.807) is 12.4 Å². The molecule has 1 nitrogen and oxygen atoms in total. The third kappa shape index (κ3) is 1.56. The van der Waals surface area contributed by atoms with Crippen LogP contribution in [0.3, 0.4) is 0 Å². The monoisotopic (exact) mass is 134 g/mol. The van der Waals surface area contributed by atoms with Gasteiger partial charge in [0.05, 0.1) is 0 Å². The smallest absolute Gasteiger partial charge is 0.0270 e. The van der Waals surface area contributed by atoms with Crippen molar-refractivity contribution in [1.82, 2.24) is 4.98 Å². The fraction of sp³-hybridized carbons (Fsp3) is 0.333. The van der Waals surface area contributed by atoms with Gasteiger partial charge < -0.3 is 0 Å². The number of pyridine rings is 1. The van der Waals surface area contributed by atoms with Gasteiger partial charge in [-0.1, -0.05) is 13.8 Å². The third-order valence-electron chi connectivity index (χ3n) is 1.46. The van der Waals surface area contributed by atoms with Crippen molar-refractivity contribution in [3.63, 3.8) is 0 Å².